The summed E-state index contributed by atoms with van der Waals surface area (Å²) in [5, 5.41) is 0. The highest BCUT2D eigenvalue weighted by molar-refractivity contribution is 7.84. The molecular weight excluding hydrogens is 116 g/mol. The van der Waals surface area contributed by atoms with Gasteiger partial charge in [-0.1, -0.05) is 17.7 Å². The van der Waals surface area contributed by atoms with Crippen molar-refractivity contribution in [3.63, 3.8) is 0 Å². The lowest BCUT2D eigenvalue weighted by Crippen LogP contribution is -1.60. The summed E-state index contributed by atoms with van der Waals surface area (Å²) >= 11 is 4.09. The van der Waals surface area contributed by atoms with Crippen LogP contribution < -0.4 is 0 Å². The number of allylic oxidation sites excluding steroid dienone is 4. The van der Waals surface area contributed by atoms with Crippen LogP contribution in [0, 0.1) is 0 Å². The van der Waals surface area contributed by atoms with E-state index >= 15 is 0 Å². The molecule has 0 aromatic carbocycles. The second kappa shape index (κ2) is 3.79. The van der Waals surface area contributed by atoms with Gasteiger partial charge in [0.2, 0.25) is 0 Å². The maximum atomic E-state index is 4.09. The lowest BCUT2D eigenvalue weighted by Gasteiger charge is -1.83. The van der Waals surface area contributed by atoms with Crippen LogP contribution >= 0.6 is 12.6 Å². The van der Waals surface area contributed by atoms with Gasteiger partial charge in [-0.05, 0) is 25.7 Å². The van der Waals surface area contributed by atoms with E-state index in [0.29, 0.717) is 0 Å². The second-order valence-corrected chi connectivity index (χ2v) is 2.76. The van der Waals surface area contributed by atoms with E-state index in [4.69, 9.17) is 0 Å². The maximum absolute atomic E-state index is 4.09. The van der Waals surface area contributed by atoms with Crippen LogP contribution in [0.3, 0.4) is 0 Å². The highest BCUT2D eigenvalue weighted by Gasteiger charge is 1.72. The maximum Gasteiger partial charge on any atom is -0.0215 e. The molecule has 0 aromatic heterocycles. The van der Waals surface area contributed by atoms with E-state index in [1.165, 1.54) is 5.57 Å². The minimum absolute atomic E-state index is 1.05. The van der Waals surface area contributed by atoms with Gasteiger partial charge in [-0.3, -0.25) is 0 Å². The zero-order chi connectivity index (χ0) is 6.57. The quantitative estimate of drug-likeness (QED) is 0.407. The van der Waals surface area contributed by atoms with Crippen molar-refractivity contribution < 1.29 is 0 Å². The SMILES string of the molecule is CC(C)=C/C=C(/C)S. The molecule has 0 aliphatic rings. The van der Waals surface area contributed by atoms with Crippen LogP contribution in [0.4, 0.5) is 0 Å². The molecule has 46 valence electrons. The average Bonchev–Trinajstić information content (AvgIpc) is 1.61. The molecule has 0 aromatic rings. The zero-order valence-corrected chi connectivity index (χ0v) is 6.50. The Balaban J connectivity index is 3.76. The number of hydrogen-bond acceptors (Lipinski definition) is 1. The van der Waals surface area contributed by atoms with Crippen LogP contribution in [0.5, 0.6) is 0 Å². The first-order valence-electron chi connectivity index (χ1n) is 2.63. The lowest BCUT2D eigenvalue weighted by molar-refractivity contribution is 1.39. The summed E-state index contributed by atoms with van der Waals surface area (Å²) in [5.74, 6) is 0. The summed E-state index contributed by atoms with van der Waals surface area (Å²) < 4.78 is 0. The molecule has 0 spiro atoms. The molecule has 0 N–H and O–H groups in total. The van der Waals surface area contributed by atoms with Crippen LogP contribution in [-0.2, 0) is 0 Å². The van der Waals surface area contributed by atoms with E-state index < -0.39 is 0 Å². The summed E-state index contributed by atoms with van der Waals surface area (Å²) in [6.07, 6.45) is 4.03. The molecule has 0 atom stereocenters. The van der Waals surface area contributed by atoms with Crippen molar-refractivity contribution in [3.8, 4) is 0 Å². The summed E-state index contributed by atoms with van der Waals surface area (Å²) in [6.45, 7) is 6.09. The molecular formula is C7H12S. The molecule has 0 aliphatic heterocycles. The average molecular weight is 128 g/mol. The fourth-order valence-electron chi connectivity index (χ4n) is 0.287. The first kappa shape index (κ1) is 7.83. The van der Waals surface area contributed by atoms with E-state index in [-0.39, 0.29) is 0 Å². The van der Waals surface area contributed by atoms with Crippen LogP contribution in [0.1, 0.15) is 20.8 Å². The van der Waals surface area contributed by atoms with Gasteiger partial charge >= 0.3 is 0 Å². The third-order valence-electron chi connectivity index (χ3n) is 0.658. The van der Waals surface area contributed by atoms with E-state index in [1.54, 1.807) is 0 Å². The second-order valence-electron chi connectivity index (χ2n) is 2.05. The van der Waals surface area contributed by atoms with Crippen LogP contribution in [-0.4, -0.2) is 0 Å². The van der Waals surface area contributed by atoms with Gasteiger partial charge in [-0.25, -0.2) is 0 Å². The highest BCUT2D eigenvalue weighted by atomic mass is 32.1. The summed E-state index contributed by atoms with van der Waals surface area (Å²) in [6, 6.07) is 0. The topological polar surface area (TPSA) is 0 Å². The van der Waals surface area contributed by atoms with Gasteiger partial charge in [-0.15, -0.1) is 12.6 Å². The third-order valence-corrected chi connectivity index (χ3v) is 0.807. The number of rotatable bonds is 1. The van der Waals surface area contributed by atoms with Crippen molar-refractivity contribution in [1.29, 1.82) is 0 Å². The Morgan fingerprint density at radius 2 is 1.62 bits per heavy atom. The summed E-state index contributed by atoms with van der Waals surface area (Å²) in [7, 11) is 0. The first-order valence-corrected chi connectivity index (χ1v) is 3.08. The Morgan fingerprint density at radius 1 is 1.12 bits per heavy atom. The number of thiol groups is 1. The molecule has 0 saturated carbocycles. The van der Waals surface area contributed by atoms with Gasteiger partial charge in [0.15, 0.2) is 0 Å². The Hall–Kier alpha value is -0.170. The van der Waals surface area contributed by atoms with Crippen LogP contribution in [0.2, 0.25) is 0 Å². The van der Waals surface area contributed by atoms with Crippen LogP contribution in [0.25, 0.3) is 0 Å². The summed E-state index contributed by atoms with van der Waals surface area (Å²) in [4.78, 5) is 1.05. The zero-order valence-electron chi connectivity index (χ0n) is 5.60. The molecule has 0 saturated heterocycles. The minimum Gasteiger partial charge on any atom is -0.148 e. The predicted molar refractivity (Wildman–Crippen MR) is 42.2 cm³/mol. The molecule has 0 amide bonds. The van der Waals surface area contributed by atoms with Crippen molar-refractivity contribution in [2.45, 2.75) is 20.8 Å². The van der Waals surface area contributed by atoms with E-state index in [9.17, 15) is 0 Å². The standard InChI is InChI=1S/C7H12S/c1-6(2)4-5-7(3)8/h4-5,8H,1-3H3/b7-5-. The largest absolute Gasteiger partial charge is 0.148 e. The predicted octanol–water partition coefficient (Wildman–Crippen LogP) is 2.79. The van der Waals surface area contributed by atoms with Gasteiger partial charge in [0, 0.05) is 0 Å². The Kier molecular flexibility index (Phi) is 3.71. The molecule has 0 bridgehead atoms. The van der Waals surface area contributed by atoms with Crippen molar-refractivity contribution in [1.82, 2.24) is 0 Å². The third kappa shape index (κ3) is 5.83. The normalized spacial score (nSPS) is 11.2. The van der Waals surface area contributed by atoms with Crippen molar-refractivity contribution in [2.75, 3.05) is 0 Å². The van der Waals surface area contributed by atoms with Gasteiger partial charge in [0.05, 0.1) is 0 Å². The molecule has 0 heterocycles. The lowest BCUT2D eigenvalue weighted by atomic mass is 10.3. The molecule has 8 heavy (non-hydrogen) atoms. The molecule has 0 fully saturated rings. The van der Waals surface area contributed by atoms with Crippen LogP contribution in [0.15, 0.2) is 22.6 Å². The first-order chi connectivity index (χ1) is 3.63. The molecule has 0 unspecified atom stereocenters. The minimum atomic E-state index is 1.05. The highest BCUT2D eigenvalue weighted by Crippen LogP contribution is 1.98. The Morgan fingerprint density at radius 3 is 1.75 bits per heavy atom. The van der Waals surface area contributed by atoms with E-state index in [0.717, 1.165) is 4.91 Å². The van der Waals surface area contributed by atoms with Gasteiger partial charge in [0.1, 0.15) is 0 Å². The monoisotopic (exact) mass is 128 g/mol. The fourth-order valence-corrected chi connectivity index (χ4v) is 0.362. The smallest absolute Gasteiger partial charge is 0.0215 e. The van der Waals surface area contributed by atoms with Crippen molar-refractivity contribution in [3.05, 3.63) is 22.6 Å². The molecule has 0 rings (SSSR count). The van der Waals surface area contributed by atoms with E-state index in [1.807, 2.05) is 19.1 Å². The fraction of sp³-hybridized carbons (Fsp3) is 0.429. The van der Waals surface area contributed by atoms with Crippen molar-refractivity contribution in [2.24, 2.45) is 0 Å². The molecule has 0 nitrogen and oxygen atoms in total. The Bertz CT molecular complexity index is 96.3. The van der Waals surface area contributed by atoms with Gasteiger partial charge in [0.25, 0.3) is 0 Å². The molecule has 1 heteroatoms. The van der Waals surface area contributed by atoms with E-state index in [2.05, 4.69) is 26.5 Å². The van der Waals surface area contributed by atoms with Gasteiger partial charge in [-0.2, -0.15) is 0 Å². The van der Waals surface area contributed by atoms with Crippen molar-refractivity contribution >= 4 is 12.6 Å². The molecule has 0 radical (unpaired) electrons. The summed E-state index contributed by atoms with van der Waals surface area (Å²) in [5.41, 5.74) is 1.30. The molecule has 0 aliphatic carbocycles. The number of hydrogen-bond donors (Lipinski definition) is 1. The Labute approximate surface area is 56.7 Å². The van der Waals surface area contributed by atoms with Gasteiger partial charge < -0.3 is 0 Å².